The molecule has 0 aromatic heterocycles. The number of hydrogen-bond acceptors (Lipinski definition) is 1. The van der Waals surface area contributed by atoms with E-state index in [0.717, 1.165) is 32.1 Å². The summed E-state index contributed by atoms with van der Waals surface area (Å²) >= 11 is 0. The third kappa shape index (κ3) is 4.51. The van der Waals surface area contributed by atoms with Crippen molar-refractivity contribution in [3.05, 3.63) is 178 Å². The monoisotopic (exact) mass is 703 g/mol. The highest BCUT2D eigenvalue weighted by Gasteiger charge is 2.63. The minimum Gasteiger partial charge on any atom is -0.314 e. The van der Waals surface area contributed by atoms with Gasteiger partial charge in [-0.25, -0.2) is 0 Å². The second-order valence-electron chi connectivity index (χ2n) is 18.1. The fraction of sp³-hybridized carbons (Fsp3) is 0.358. The summed E-state index contributed by atoms with van der Waals surface area (Å²) in [6.07, 6.45) is 35.5. The van der Waals surface area contributed by atoms with Crippen molar-refractivity contribution in [1.82, 2.24) is 0 Å². The van der Waals surface area contributed by atoms with Gasteiger partial charge >= 0.3 is 0 Å². The SMILES string of the molecule is CC1CC2=C(C=C1N(c1ccc(C3=CCCC=C3)cc1)c1ccc3c(c1)C(C)(C)C1=C3CCC=C1)C1(c3ccccc3C3CCCCC31)C1C=CC=CC21. The van der Waals surface area contributed by atoms with Crippen LogP contribution in [0.2, 0.25) is 0 Å². The molecule has 1 spiro atoms. The van der Waals surface area contributed by atoms with Gasteiger partial charge in [0.05, 0.1) is 0 Å². The van der Waals surface area contributed by atoms with Crippen molar-refractivity contribution < 1.29 is 0 Å². The van der Waals surface area contributed by atoms with Crippen LogP contribution >= 0.6 is 0 Å². The summed E-state index contributed by atoms with van der Waals surface area (Å²) in [6, 6.07) is 26.7. The summed E-state index contributed by atoms with van der Waals surface area (Å²) in [7, 11) is 0. The van der Waals surface area contributed by atoms with E-state index in [1.54, 1.807) is 27.8 Å². The first-order valence-electron chi connectivity index (χ1n) is 21.2. The van der Waals surface area contributed by atoms with E-state index in [1.807, 2.05) is 0 Å². The Morgan fingerprint density at radius 3 is 2.44 bits per heavy atom. The topological polar surface area (TPSA) is 3.24 Å². The van der Waals surface area contributed by atoms with Gasteiger partial charge in [0.25, 0.3) is 0 Å². The first kappa shape index (κ1) is 32.8. The standard InChI is InChI=1S/C53H53N/c1-34-31-44-42-20-10-14-24-48(42)53(46-22-12-8-18-40(46)41-19-9-13-23-47(41)53)50(44)33-51(34)54(37-27-25-36(26-28-37)35-15-5-4-6-16-35)38-29-30-43-39-17-7-11-21-45(39)52(2,3)49(43)32-38/h5,8,10-12,14-16,18,20-22,24-30,32-34,41-42,47-48H,4,6-7,9,13,17,19,23,31H2,1-3H3. The Labute approximate surface area is 323 Å². The molecule has 6 unspecified atom stereocenters. The molecule has 0 aliphatic heterocycles. The van der Waals surface area contributed by atoms with E-state index >= 15 is 0 Å². The first-order chi connectivity index (χ1) is 26.5. The fourth-order valence-electron chi connectivity index (χ4n) is 12.9. The minimum absolute atomic E-state index is 0.0113. The summed E-state index contributed by atoms with van der Waals surface area (Å²) in [6.45, 7) is 7.40. The first-order valence-corrected chi connectivity index (χ1v) is 21.2. The lowest BCUT2D eigenvalue weighted by atomic mass is 9.58. The predicted octanol–water partition coefficient (Wildman–Crippen LogP) is 13.8. The van der Waals surface area contributed by atoms with E-state index in [0.29, 0.717) is 29.6 Å². The molecule has 0 N–H and O–H groups in total. The highest BCUT2D eigenvalue weighted by Crippen LogP contribution is 2.70. The summed E-state index contributed by atoms with van der Waals surface area (Å²) in [4.78, 5) is 2.67. The van der Waals surface area contributed by atoms with Crippen LogP contribution in [0.4, 0.5) is 11.4 Å². The summed E-state index contributed by atoms with van der Waals surface area (Å²) in [5.74, 6) is 2.67. The van der Waals surface area contributed by atoms with Crippen molar-refractivity contribution in [2.45, 2.75) is 95.3 Å². The van der Waals surface area contributed by atoms with Gasteiger partial charge in [-0.2, -0.15) is 0 Å². The molecule has 54 heavy (non-hydrogen) atoms. The average Bonchev–Trinajstić information content (AvgIpc) is 3.77. The van der Waals surface area contributed by atoms with Gasteiger partial charge in [-0.15, -0.1) is 0 Å². The minimum atomic E-state index is -0.0113. The van der Waals surface area contributed by atoms with Gasteiger partial charge in [0.2, 0.25) is 0 Å². The van der Waals surface area contributed by atoms with Crippen LogP contribution in [-0.2, 0) is 10.8 Å². The molecule has 1 saturated carbocycles. The maximum Gasteiger partial charge on any atom is 0.0462 e. The van der Waals surface area contributed by atoms with E-state index in [2.05, 4.69) is 153 Å². The fourth-order valence-corrected chi connectivity index (χ4v) is 12.9. The average molecular weight is 704 g/mol. The van der Waals surface area contributed by atoms with Crippen LogP contribution < -0.4 is 4.90 Å². The van der Waals surface area contributed by atoms with Crippen LogP contribution in [0.5, 0.6) is 0 Å². The molecule has 1 fully saturated rings. The number of fused-ring (bicyclic) bond motifs is 11. The largest absolute Gasteiger partial charge is 0.314 e. The zero-order valence-corrected chi connectivity index (χ0v) is 32.3. The number of rotatable bonds is 4. The Kier molecular flexibility index (Phi) is 7.40. The maximum atomic E-state index is 2.75. The smallest absolute Gasteiger partial charge is 0.0462 e. The Morgan fingerprint density at radius 1 is 0.759 bits per heavy atom. The number of anilines is 2. The molecule has 8 aliphatic carbocycles. The molecule has 8 aliphatic rings. The molecule has 270 valence electrons. The Balaban J connectivity index is 1.11. The van der Waals surface area contributed by atoms with E-state index in [1.165, 1.54) is 70.6 Å². The Hall–Kier alpha value is -4.62. The van der Waals surface area contributed by atoms with Gasteiger partial charge in [0, 0.05) is 45.7 Å². The van der Waals surface area contributed by atoms with Gasteiger partial charge in [-0.1, -0.05) is 136 Å². The third-order valence-electron chi connectivity index (χ3n) is 15.2. The van der Waals surface area contributed by atoms with Crippen molar-refractivity contribution in [3.63, 3.8) is 0 Å². The zero-order valence-electron chi connectivity index (χ0n) is 32.3. The van der Waals surface area contributed by atoms with Crippen molar-refractivity contribution in [2.75, 3.05) is 4.90 Å². The van der Waals surface area contributed by atoms with Gasteiger partial charge in [0.15, 0.2) is 0 Å². The van der Waals surface area contributed by atoms with Crippen molar-refractivity contribution in [3.8, 4) is 0 Å². The van der Waals surface area contributed by atoms with Crippen molar-refractivity contribution in [2.24, 2.45) is 23.7 Å². The molecule has 1 nitrogen and oxygen atoms in total. The van der Waals surface area contributed by atoms with Gasteiger partial charge < -0.3 is 4.90 Å². The van der Waals surface area contributed by atoms with Gasteiger partial charge in [-0.3, -0.25) is 0 Å². The Bertz CT molecular complexity index is 2330. The normalized spacial score (nSPS) is 30.8. The second-order valence-corrected chi connectivity index (χ2v) is 18.1. The van der Waals surface area contributed by atoms with Crippen molar-refractivity contribution in [1.29, 1.82) is 0 Å². The molecule has 0 bridgehead atoms. The highest BCUT2D eigenvalue weighted by molar-refractivity contribution is 5.86. The van der Waals surface area contributed by atoms with Crippen LogP contribution in [0.1, 0.15) is 112 Å². The second kappa shape index (κ2) is 12.2. The number of hydrogen-bond donors (Lipinski definition) is 0. The van der Waals surface area contributed by atoms with E-state index in [9.17, 15) is 0 Å². The highest BCUT2D eigenvalue weighted by atomic mass is 15.2. The molecule has 3 aromatic rings. The Morgan fingerprint density at radius 2 is 1.57 bits per heavy atom. The van der Waals surface area contributed by atoms with Crippen LogP contribution in [0.25, 0.3) is 11.1 Å². The van der Waals surface area contributed by atoms with Gasteiger partial charge in [-0.05, 0) is 137 Å². The molecule has 0 saturated heterocycles. The number of nitrogens with zero attached hydrogens (tertiary/aromatic N) is 1. The lowest BCUT2D eigenvalue weighted by molar-refractivity contribution is 0.191. The van der Waals surface area contributed by atoms with E-state index in [-0.39, 0.29) is 10.8 Å². The van der Waals surface area contributed by atoms with Crippen LogP contribution in [0.15, 0.2) is 150 Å². The van der Waals surface area contributed by atoms with Crippen LogP contribution in [0, 0.1) is 23.7 Å². The summed E-state index contributed by atoms with van der Waals surface area (Å²) in [5.41, 5.74) is 19.4. The molecular weight excluding hydrogens is 651 g/mol. The summed E-state index contributed by atoms with van der Waals surface area (Å²) in [5, 5.41) is 0. The lowest BCUT2D eigenvalue weighted by Gasteiger charge is -2.45. The quantitative estimate of drug-likeness (QED) is 0.261. The predicted molar refractivity (Wildman–Crippen MR) is 227 cm³/mol. The molecule has 6 atom stereocenters. The molecule has 0 radical (unpaired) electrons. The maximum absolute atomic E-state index is 2.75. The molecule has 3 aromatic carbocycles. The molecule has 0 amide bonds. The van der Waals surface area contributed by atoms with Crippen molar-refractivity contribution >= 4 is 22.5 Å². The van der Waals surface area contributed by atoms with E-state index < -0.39 is 0 Å². The molecule has 11 rings (SSSR count). The summed E-state index contributed by atoms with van der Waals surface area (Å²) < 4.78 is 0. The number of benzene rings is 3. The molecule has 1 heteroatoms. The zero-order chi connectivity index (χ0) is 36.2. The van der Waals surface area contributed by atoms with Crippen LogP contribution in [0.3, 0.4) is 0 Å². The lowest BCUT2D eigenvalue weighted by Crippen LogP contribution is -2.41. The molecule has 0 heterocycles. The van der Waals surface area contributed by atoms with Gasteiger partial charge in [0.1, 0.15) is 0 Å². The third-order valence-corrected chi connectivity index (χ3v) is 15.2. The molecular formula is C53H53N. The van der Waals surface area contributed by atoms with Crippen LogP contribution in [-0.4, -0.2) is 0 Å². The van der Waals surface area contributed by atoms with E-state index in [4.69, 9.17) is 0 Å². The number of allylic oxidation sites excluding steroid dienone is 16.